The number of methoxy groups -OCH3 is 2. The summed E-state index contributed by atoms with van der Waals surface area (Å²) in [5.74, 6) is 1.11. The number of nitrogens with two attached hydrogens (primary N) is 1. The molecule has 0 aliphatic heterocycles. The van der Waals surface area contributed by atoms with E-state index in [2.05, 4.69) is 5.32 Å². The Labute approximate surface area is 101 Å². The molecule has 5 nitrogen and oxygen atoms in total. The van der Waals surface area contributed by atoms with Crippen molar-refractivity contribution in [1.82, 2.24) is 5.32 Å². The highest BCUT2D eigenvalue weighted by Crippen LogP contribution is 2.27. The minimum Gasteiger partial charge on any atom is -0.493 e. The van der Waals surface area contributed by atoms with Crippen LogP contribution in [0.3, 0.4) is 0 Å². The predicted molar refractivity (Wildman–Crippen MR) is 65.3 cm³/mol. The van der Waals surface area contributed by atoms with Gasteiger partial charge in [0.15, 0.2) is 11.5 Å². The van der Waals surface area contributed by atoms with Crippen LogP contribution in [0.1, 0.15) is 5.56 Å². The van der Waals surface area contributed by atoms with E-state index in [0.717, 1.165) is 5.56 Å². The molecule has 0 aliphatic rings. The minimum atomic E-state index is -0.557. The van der Waals surface area contributed by atoms with Crippen LogP contribution in [0.4, 0.5) is 0 Å². The number of hydrogen-bond acceptors (Lipinski definition) is 4. The van der Waals surface area contributed by atoms with Crippen molar-refractivity contribution in [3.05, 3.63) is 23.8 Å². The SMILES string of the molecule is CNC(=O)[C@@H](N)Cc1ccc(OC)c(OC)c1. The lowest BCUT2D eigenvalue weighted by Crippen LogP contribution is -2.40. The van der Waals surface area contributed by atoms with Gasteiger partial charge in [0.1, 0.15) is 0 Å². The third-order valence-corrected chi connectivity index (χ3v) is 2.49. The standard InChI is InChI=1S/C12H18N2O3/c1-14-12(15)9(13)6-8-4-5-10(16-2)11(7-8)17-3/h4-5,7,9H,6,13H2,1-3H3,(H,14,15)/t9-/m0/s1. The topological polar surface area (TPSA) is 73.6 Å². The molecule has 1 rings (SSSR count). The van der Waals surface area contributed by atoms with Gasteiger partial charge in [-0.25, -0.2) is 0 Å². The van der Waals surface area contributed by atoms with E-state index >= 15 is 0 Å². The van der Waals surface area contributed by atoms with E-state index < -0.39 is 6.04 Å². The average Bonchev–Trinajstić information content (AvgIpc) is 2.37. The van der Waals surface area contributed by atoms with Crippen molar-refractivity contribution < 1.29 is 14.3 Å². The Balaban J connectivity index is 2.82. The Hall–Kier alpha value is -1.75. The van der Waals surface area contributed by atoms with Crippen LogP contribution in [0.5, 0.6) is 11.5 Å². The van der Waals surface area contributed by atoms with Crippen molar-refractivity contribution in [2.45, 2.75) is 12.5 Å². The molecule has 0 saturated carbocycles. The van der Waals surface area contributed by atoms with E-state index in [0.29, 0.717) is 17.9 Å². The Morgan fingerprint density at radius 2 is 2.00 bits per heavy atom. The zero-order valence-corrected chi connectivity index (χ0v) is 10.3. The van der Waals surface area contributed by atoms with Crippen LogP contribution in [-0.2, 0) is 11.2 Å². The molecule has 1 aromatic carbocycles. The second-order valence-electron chi connectivity index (χ2n) is 3.61. The van der Waals surface area contributed by atoms with Crippen molar-refractivity contribution in [3.63, 3.8) is 0 Å². The molecule has 0 unspecified atom stereocenters. The number of carbonyl (C=O) groups excluding carboxylic acids is 1. The molecule has 5 heteroatoms. The van der Waals surface area contributed by atoms with Gasteiger partial charge in [-0.15, -0.1) is 0 Å². The molecular formula is C12H18N2O3. The summed E-state index contributed by atoms with van der Waals surface area (Å²) >= 11 is 0. The summed E-state index contributed by atoms with van der Waals surface area (Å²) in [5, 5.41) is 2.52. The first-order valence-electron chi connectivity index (χ1n) is 5.30. The molecule has 0 saturated heterocycles. The number of carbonyl (C=O) groups is 1. The third kappa shape index (κ3) is 3.35. The summed E-state index contributed by atoms with van der Waals surface area (Å²) in [6, 6.07) is 4.93. The molecule has 17 heavy (non-hydrogen) atoms. The van der Waals surface area contributed by atoms with E-state index in [-0.39, 0.29) is 5.91 Å². The molecule has 3 N–H and O–H groups in total. The van der Waals surface area contributed by atoms with Gasteiger partial charge in [-0.3, -0.25) is 4.79 Å². The third-order valence-electron chi connectivity index (χ3n) is 2.49. The van der Waals surface area contributed by atoms with Crippen LogP contribution < -0.4 is 20.5 Å². The van der Waals surface area contributed by atoms with Crippen LogP contribution in [0, 0.1) is 0 Å². The first-order chi connectivity index (χ1) is 8.12. The van der Waals surface area contributed by atoms with E-state index in [1.807, 2.05) is 12.1 Å². The monoisotopic (exact) mass is 238 g/mol. The summed E-state index contributed by atoms with van der Waals surface area (Å²) in [6.07, 6.45) is 0.458. The highest BCUT2D eigenvalue weighted by molar-refractivity contribution is 5.81. The van der Waals surface area contributed by atoms with Crippen LogP contribution in [0.2, 0.25) is 0 Å². The van der Waals surface area contributed by atoms with Gasteiger partial charge in [0.25, 0.3) is 0 Å². The van der Waals surface area contributed by atoms with Crippen LogP contribution in [0.15, 0.2) is 18.2 Å². The highest BCUT2D eigenvalue weighted by Gasteiger charge is 2.13. The fourth-order valence-electron chi connectivity index (χ4n) is 1.54. The molecule has 0 bridgehead atoms. The molecule has 0 fully saturated rings. The van der Waals surface area contributed by atoms with Crippen molar-refractivity contribution in [3.8, 4) is 11.5 Å². The van der Waals surface area contributed by atoms with E-state index in [4.69, 9.17) is 15.2 Å². The molecule has 1 aromatic rings. The largest absolute Gasteiger partial charge is 0.493 e. The number of ether oxygens (including phenoxy) is 2. The van der Waals surface area contributed by atoms with Gasteiger partial charge in [-0.1, -0.05) is 6.07 Å². The second kappa shape index (κ2) is 6.10. The Kier molecular flexibility index (Phi) is 4.78. The van der Waals surface area contributed by atoms with Gasteiger partial charge < -0.3 is 20.5 Å². The zero-order chi connectivity index (χ0) is 12.8. The number of likely N-dealkylation sites (N-methyl/N-ethyl adjacent to an activating group) is 1. The average molecular weight is 238 g/mol. The van der Waals surface area contributed by atoms with Crippen molar-refractivity contribution in [2.75, 3.05) is 21.3 Å². The summed E-state index contributed by atoms with van der Waals surface area (Å²) < 4.78 is 10.3. The smallest absolute Gasteiger partial charge is 0.237 e. The maximum atomic E-state index is 11.3. The second-order valence-corrected chi connectivity index (χ2v) is 3.61. The van der Waals surface area contributed by atoms with Crippen molar-refractivity contribution >= 4 is 5.91 Å². The quantitative estimate of drug-likeness (QED) is 0.774. The Morgan fingerprint density at radius 1 is 1.35 bits per heavy atom. The normalized spacial score (nSPS) is 11.8. The Morgan fingerprint density at radius 3 is 2.53 bits per heavy atom. The first kappa shape index (κ1) is 13.3. The van der Waals surface area contributed by atoms with Gasteiger partial charge in [-0.05, 0) is 24.1 Å². The zero-order valence-electron chi connectivity index (χ0n) is 10.3. The van der Waals surface area contributed by atoms with Crippen LogP contribution >= 0.6 is 0 Å². The van der Waals surface area contributed by atoms with Crippen LogP contribution in [0.25, 0.3) is 0 Å². The van der Waals surface area contributed by atoms with E-state index in [9.17, 15) is 4.79 Å². The number of hydrogen-bond donors (Lipinski definition) is 2. The summed E-state index contributed by atoms with van der Waals surface area (Å²) in [4.78, 5) is 11.3. The summed E-state index contributed by atoms with van der Waals surface area (Å²) in [7, 11) is 4.71. The van der Waals surface area contributed by atoms with Gasteiger partial charge in [0.2, 0.25) is 5.91 Å². The fraction of sp³-hybridized carbons (Fsp3) is 0.417. The molecule has 1 atom stereocenters. The van der Waals surface area contributed by atoms with Crippen LogP contribution in [-0.4, -0.2) is 33.2 Å². The predicted octanol–water partition coefficient (Wildman–Crippen LogP) is 0.320. The minimum absolute atomic E-state index is 0.181. The van der Waals surface area contributed by atoms with Crippen molar-refractivity contribution in [1.29, 1.82) is 0 Å². The number of nitrogens with one attached hydrogen (secondary N) is 1. The Bertz CT molecular complexity index is 393. The molecule has 0 aromatic heterocycles. The van der Waals surface area contributed by atoms with E-state index in [1.54, 1.807) is 27.3 Å². The number of amides is 1. The summed E-state index contributed by atoms with van der Waals surface area (Å²) in [5.41, 5.74) is 6.67. The lowest BCUT2D eigenvalue weighted by Gasteiger charge is -2.12. The van der Waals surface area contributed by atoms with Gasteiger partial charge in [0, 0.05) is 7.05 Å². The molecular weight excluding hydrogens is 220 g/mol. The maximum Gasteiger partial charge on any atom is 0.237 e. The molecule has 0 radical (unpaired) electrons. The number of benzene rings is 1. The highest BCUT2D eigenvalue weighted by atomic mass is 16.5. The number of rotatable bonds is 5. The lowest BCUT2D eigenvalue weighted by molar-refractivity contribution is -0.121. The fourth-order valence-corrected chi connectivity index (χ4v) is 1.54. The van der Waals surface area contributed by atoms with Crippen molar-refractivity contribution in [2.24, 2.45) is 5.73 Å². The molecule has 0 spiro atoms. The molecule has 94 valence electrons. The van der Waals surface area contributed by atoms with Gasteiger partial charge in [-0.2, -0.15) is 0 Å². The summed E-state index contributed by atoms with van der Waals surface area (Å²) in [6.45, 7) is 0. The van der Waals surface area contributed by atoms with E-state index in [1.165, 1.54) is 0 Å². The molecule has 1 amide bonds. The lowest BCUT2D eigenvalue weighted by atomic mass is 10.1. The van der Waals surface area contributed by atoms with Gasteiger partial charge >= 0.3 is 0 Å². The van der Waals surface area contributed by atoms with Gasteiger partial charge in [0.05, 0.1) is 20.3 Å². The molecule has 0 heterocycles. The first-order valence-corrected chi connectivity index (χ1v) is 5.30. The molecule has 0 aliphatic carbocycles. The maximum absolute atomic E-state index is 11.3.